The molecule has 0 aromatic carbocycles. The van der Waals surface area contributed by atoms with Crippen molar-refractivity contribution in [3.63, 3.8) is 0 Å². The summed E-state index contributed by atoms with van der Waals surface area (Å²) in [6, 6.07) is 0. The molecule has 0 spiro atoms. The van der Waals surface area contributed by atoms with E-state index in [1.807, 2.05) is 0 Å². The van der Waals surface area contributed by atoms with Crippen molar-refractivity contribution in [1.82, 2.24) is 0 Å². The molecule has 0 aliphatic heterocycles. The quantitative estimate of drug-likeness (QED) is 0.193. The number of carbonyl (C=O) groups is 2. The van der Waals surface area contributed by atoms with Gasteiger partial charge in [-0.3, -0.25) is 9.59 Å². The first-order valence-corrected chi connectivity index (χ1v) is 9.29. The van der Waals surface area contributed by atoms with Gasteiger partial charge < -0.3 is 0 Å². The van der Waals surface area contributed by atoms with E-state index < -0.39 is 11.0 Å². The molecule has 0 aromatic rings. The molecular weight excluding hydrogens is 284 g/mol. The molecule has 0 aliphatic rings. The minimum absolute atomic E-state index is 0.320. The fourth-order valence-electron chi connectivity index (χ4n) is 2.58. The Hall–Kier alpha value is -0.370. The second kappa shape index (κ2) is 16.0. The topological polar surface area (TPSA) is 34.1 Å². The number of carbonyl (C=O) groups excluding carboxylic acids is 2. The smallest absolute Gasteiger partial charge is 0.288 e. The van der Waals surface area contributed by atoms with Crippen molar-refractivity contribution >= 4 is 22.6 Å². The predicted molar refractivity (Wildman–Crippen MR) is 90.8 cm³/mol. The highest BCUT2D eigenvalue weighted by Gasteiger charge is 2.08. The Balaban J connectivity index is 3.06. The number of Topliss-reactive ketones (excluding diaryl/α,β-unsaturated/α-hetero) is 1. The van der Waals surface area contributed by atoms with Gasteiger partial charge in [-0.25, -0.2) is 0 Å². The average molecular weight is 317 g/mol. The number of ketones is 1. The Kier molecular flexibility index (Phi) is 15.7. The highest BCUT2D eigenvalue weighted by Crippen LogP contribution is 2.13. The highest BCUT2D eigenvalue weighted by molar-refractivity contribution is 6.81. The maximum atomic E-state index is 11.0. The third-order valence-electron chi connectivity index (χ3n) is 3.98. The van der Waals surface area contributed by atoms with Crippen LogP contribution in [0, 0.1) is 0 Å². The zero-order chi connectivity index (χ0) is 15.8. The van der Waals surface area contributed by atoms with Crippen LogP contribution in [-0.2, 0) is 9.59 Å². The molecule has 0 bridgehead atoms. The second-order valence-electron chi connectivity index (χ2n) is 6.04. The summed E-state index contributed by atoms with van der Waals surface area (Å²) in [5.41, 5.74) is 0. The Bertz CT molecular complexity index is 264. The van der Waals surface area contributed by atoms with Crippen LogP contribution in [0.1, 0.15) is 103 Å². The minimum atomic E-state index is -0.815. The Morgan fingerprint density at radius 1 is 0.619 bits per heavy atom. The normalized spacial score (nSPS) is 10.8. The van der Waals surface area contributed by atoms with Crippen molar-refractivity contribution in [3.8, 4) is 0 Å². The molecule has 0 heterocycles. The maximum Gasteiger partial charge on any atom is 0.288 e. The molecule has 0 atom stereocenters. The van der Waals surface area contributed by atoms with Crippen LogP contribution >= 0.6 is 11.6 Å². The molecule has 2 nitrogen and oxygen atoms in total. The summed E-state index contributed by atoms with van der Waals surface area (Å²) in [4.78, 5) is 21.5. The first-order chi connectivity index (χ1) is 10.2. The van der Waals surface area contributed by atoms with Gasteiger partial charge in [0, 0.05) is 6.42 Å². The van der Waals surface area contributed by atoms with E-state index in [-0.39, 0.29) is 0 Å². The van der Waals surface area contributed by atoms with Crippen molar-refractivity contribution in [1.29, 1.82) is 0 Å². The second-order valence-corrected chi connectivity index (χ2v) is 6.39. The molecule has 124 valence electrons. The summed E-state index contributed by atoms with van der Waals surface area (Å²) < 4.78 is 0. The molecule has 0 amide bonds. The first-order valence-electron chi connectivity index (χ1n) is 8.91. The molecule has 0 saturated heterocycles. The number of halogens is 1. The van der Waals surface area contributed by atoms with E-state index in [9.17, 15) is 9.59 Å². The summed E-state index contributed by atoms with van der Waals surface area (Å²) in [7, 11) is 0. The Labute approximate surface area is 136 Å². The van der Waals surface area contributed by atoms with Crippen LogP contribution in [0.3, 0.4) is 0 Å². The zero-order valence-electron chi connectivity index (χ0n) is 13.8. The average Bonchev–Trinajstić information content (AvgIpc) is 2.47. The third kappa shape index (κ3) is 15.8. The van der Waals surface area contributed by atoms with E-state index in [4.69, 9.17) is 11.6 Å². The van der Waals surface area contributed by atoms with Crippen LogP contribution in [0.4, 0.5) is 0 Å². The lowest BCUT2D eigenvalue weighted by Gasteiger charge is -2.03. The summed E-state index contributed by atoms with van der Waals surface area (Å²) in [5, 5.41) is -0.815. The SMILES string of the molecule is CCCCCCCCCCCCCCCCC(=O)C(=O)Cl. The molecule has 0 saturated carbocycles. The summed E-state index contributed by atoms with van der Waals surface area (Å²) >= 11 is 5.10. The number of unbranched alkanes of at least 4 members (excludes halogenated alkanes) is 13. The van der Waals surface area contributed by atoms with Gasteiger partial charge in [-0.05, 0) is 18.0 Å². The van der Waals surface area contributed by atoms with Gasteiger partial charge in [0.2, 0.25) is 5.78 Å². The van der Waals surface area contributed by atoms with Crippen molar-refractivity contribution in [2.45, 2.75) is 103 Å². The van der Waals surface area contributed by atoms with Crippen LogP contribution in [-0.4, -0.2) is 11.0 Å². The van der Waals surface area contributed by atoms with Crippen LogP contribution in [0.15, 0.2) is 0 Å². The van der Waals surface area contributed by atoms with Gasteiger partial charge in [0.05, 0.1) is 0 Å². The van der Waals surface area contributed by atoms with E-state index in [1.165, 1.54) is 77.0 Å². The van der Waals surface area contributed by atoms with Gasteiger partial charge in [0.25, 0.3) is 5.24 Å². The lowest BCUT2D eigenvalue weighted by molar-refractivity contribution is -0.132. The molecule has 0 radical (unpaired) electrons. The molecule has 0 unspecified atom stereocenters. The summed E-state index contributed by atoms with van der Waals surface area (Å²) in [6.45, 7) is 2.26. The Morgan fingerprint density at radius 2 is 0.952 bits per heavy atom. The largest absolute Gasteiger partial charge is 0.289 e. The van der Waals surface area contributed by atoms with Crippen LogP contribution < -0.4 is 0 Å². The van der Waals surface area contributed by atoms with Gasteiger partial charge in [-0.1, -0.05) is 90.4 Å². The molecule has 0 N–H and O–H groups in total. The summed E-state index contributed by atoms with van der Waals surface area (Å²) in [5.74, 6) is -0.435. The fourth-order valence-corrected chi connectivity index (χ4v) is 2.67. The zero-order valence-corrected chi connectivity index (χ0v) is 14.6. The van der Waals surface area contributed by atoms with E-state index in [0.717, 1.165) is 12.8 Å². The molecule has 21 heavy (non-hydrogen) atoms. The van der Waals surface area contributed by atoms with Crippen molar-refractivity contribution in [3.05, 3.63) is 0 Å². The molecule has 3 heteroatoms. The van der Waals surface area contributed by atoms with Crippen LogP contribution in [0.25, 0.3) is 0 Å². The van der Waals surface area contributed by atoms with Crippen LogP contribution in [0.2, 0.25) is 0 Å². The van der Waals surface area contributed by atoms with Crippen molar-refractivity contribution < 1.29 is 9.59 Å². The lowest BCUT2D eigenvalue weighted by atomic mass is 10.0. The van der Waals surface area contributed by atoms with Crippen molar-refractivity contribution in [2.24, 2.45) is 0 Å². The fraction of sp³-hybridized carbons (Fsp3) is 0.889. The van der Waals surface area contributed by atoms with Gasteiger partial charge in [-0.15, -0.1) is 0 Å². The molecule has 0 aliphatic carbocycles. The van der Waals surface area contributed by atoms with Gasteiger partial charge in [-0.2, -0.15) is 0 Å². The standard InChI is InChI=1S/C18H33ClO2/c1-2-3-4-5-6-7-8-9-10-11-12-13-14-15-16-17(20)18(19)21/h2-16H2,1H3. The van der Waals surface area contributed by atoms with E-state index in [1.54, 1.807) is 0 Å². The maximum absolute atomic E-state index is 11.0. The molecule has 0 fully saturated rings. The molecular formula is C18H33ClO2. The Morgan fingerprint density at radius 3 is 1.29 bits per heavy atom. The third-order valence-corrected chi connectivity index (χ3v) is 4.19. The molecule has 0 rings (SSSR count). The monoisotopic (exact) mass is 316 g/mol. The number of hydrogen-bond acceptors (Lipinski definition) is 2. The van der Waals surface area contributed by atoms with Gasteiger partial charge >= 0.3 is 0 Å². The summed E-state index contributed by atoms with van der Waals surface area (Å²) in [6.07, 6.45) is 18.3. The van der Waals surface area contributed by atoms with Crippen molar-refractivity contribution in [2.75, 3.05) is 0 Å². The van der Waals surface area contributed by atoms with E-state index in [0.29, 0.717) is 6.42 Å². The van der Waals surface area contributed by atoms with Crippen LogP contribution in [0.5, 0.6) is 0 Å². The van der Waals surface area contributed by atoms with E-state index in [2.05, 4.69) is 6.92 Å². The number of hydrogen-bond donors (Lipinski definition) is 0. The van der Waals surface area contributed by atoms with E-state index >= 15 is 0 Å². The minimum Gasteiger partial charge on any atom is -0.289 e. The van der Waals surface area contributed by atoms with Gasteiger partial charge in [0.1, 0.15) is 0 Å². The molecule has 0 aromatic heterocycles. The first kappa shape index (κ1) is 20.6. The number of rotatable bonds is 16. The predicted octanol–water partition coefficient (Wildman–Crippen LogP) is 6.19. The highest BCUT2D eigenvalue weighted by atomic mass is 35.5. The van der Waals surface area contributed by atoms with Gasteiger partial charge in [0.15, 0.2) is 0 Å². The lowest BCUT2D eigenvalue weighted by Crippen LogP contribution is -2.05.